The minimum Gasteiger partial charge on any atom is -0.462 e. The first-order valence-corrected chi connectivity index (χ1v) is 16.3. The van der Waals surface area contributed by atoms with Crippen molar-refractivity contribution < 1.29 is 47.6 Å². The summed E-state index contributed by atoms with van der Waals surface area (Å²) in [6.07, 6.45) is -2.04. The maximum Gasteiger partial charge on any atom is 0.513 e. The summed E-state index contributed by atoms with van der Waals surface area (Å²) in [5.74, 6) is -1.34. The molecular weight excluding hydrogens is 640 g/mol. The quantitative estimate of drug-likeness (QED) is 0.0634. The summed E-state index contributed by atoms with van der Waals surface area (Å²) in [5, 5.41) is 4.32. The normalized spacial score (nSPS) is 11.0. The Morgan fingerprint density at radius 2 is 0.760 bits per heavy atom. The zero-order valence-corrected chi connectivity index (χ0v) is 28.0. The predicted octanol–water partition coefficient (Wildman–Crippen LogP) is 9.39. The van der Waals surface area contributed by atoms with Gasteiger partial charge in [0.2, 0.25) is 0 Å². The zero-order chi connectivity index (χ0) is 35.4. The molecule has 10 heteroatoms. The molecule has 0 N–H and O–H groups in total. The van der Waals surface area contributed by atoms with Gasteiger partial charge in [-0.1, -0.05) is 72.8 Å². The van der Waals surface area contributed by atoms with E-state index >= 15 is 0 Å². The van der Waals surface area contributed by atoms with E-state index in [1.54, 1.807) is 52.0 Å². The highest BCUT2D eigenvalue weighted by molar-refractivity contribution is 6.28. The summed E-state index contributed by atoms with van der Waals surface area (Å²) in [5.41, 5.74) is 0.879. The SMILES string of the molecule is CCOC(=O)Oc1c(-c2c(OC(=O)OCC)c3c(C(=O)OCC)cccc3c3ccccc23)c2ccccc2c2cccc(C(=O)OCC)c12. The summed E-state index contributed by atoms with van der Waals surface area (Å²) < 4.78 is 33.6. The second kappa shape index (κ2) is 14.5. The third-order valence-corrected chi connectivity index (χ3v) is 8.15. The van der Waals surface area contributed by atoms with E-state index in [1.807, 2.05) is 60.7 Å². The summed E-state index contributed by atoms with van der Waals surface area (Å²) in [6, 6.07) is 25.0. The third kappa shape index (κ3) is 6.00. The second-order valence-corrected chi connectivity index (χ2v) is 11.0. The van der Waals surface area contributed by atoms with E-state index in [0.717, 1.165) is 0 Å². The number of benzene rings is 6. The molecular formula is C40H34O10. The molecule has 0 amide bonds. The Hall–Kier alpha value is -6.16. The molecule has 0 aliphatic carbocycles. The van der Waals surface area contributed by atoms with Crippen LogP contribution in [0.2, 0.25) is 0 Å². The van der Waals surface area contributed by atoms with Crippen LogP contribution in [0.5, 0.6) is 11.5 Å². The number of hydrogen-bond donors (Lipinski definition) is 0. The number of carbonyl (C=O) groups excluding carboxylic acids is 4. The summed E-state index contributed by atoms with van der Waals surface area (Å²) in [6.45, 7) is 6.92. The van der Waals surface area contributed by atoms with Gasteiger partial charge in [-0.05, 0) is 72.1 Å². The van der Waals surface area contributed by atoms with E-state index in [2.05, 4.69) is 0 Å². The first-order valence-electron chi connectivity index (χ1n) is 16.3. The zero-order valence-electron chi connectivity index (χ0n) is 28.0. The molecule has 0 aromatic heterocycles. The molecule has 0 bridgehead atoms. The van der Waals surface area contributed by atoms with E-state index in [4.69, 9.17) is 28.4 Å². The maximum atomic E-state index is 13.5. The molecule has 6 aromatic carbocycles. The van der Waals surface area contributed by atoms with Crippen molar-refractivity contribution in [2.75, 3.05) is 26.4 Å². The molecule has 0 atom stereocenters. The summed E-state index contributed by atoms with van der Waals surface area (Å²) in [7, 11) is 0. The minimum atomic E-state index is -1.02. The van der Waals surface area contributed by atoms with Crippen LogP contribution in [0.4, 0.5) is 9.59 Å². The van der Waals surface area contributed by atoms with E-state index in [-0.39, 0.29) is 59.8 Å². The van der Waals surface area contributed by atoms with Crippen LogP contribution in [-0.2, 0) is 18.9 Å². The largest absolute Gasteiger partial charge is 0.513 e. The molecule has 254 valence electrons. The van der Waals surface area contributed by atoms with Crippen molar-refractivity contribution in [1.29, 1.82) is 0 Å². The van der Waals surface area contributed by atoms with Crippen LogP contribution in [0.15, 0.2) is 84.9 Å². The van der Waals surface area contributed by atoms with Gasteiger partial charge in [-0.25, -0.2) is 19.2 Å². The van der Waals surface area contributed by atoms with Gasteiger partial charge in [-0.3, -0.25) is 0 Å². The average molecular weight is 675 g/mol. The summed E-state index contributed by atoms with van der Waals surface area (Å²) in [4.78, 5) is 53.6. The van der Waals surface area contributed by atoms with Gasteiger partial charge < -0.3 is 28.4 Å². The monoisotopic (exact) mass is 674 g/mol. The lowest BCUT2D eigenvalue weighted by Crippen LogP contribution is -2.15. The van der Waals surface area contributed by atoms with E-state index in [9.17, 15) is 19.2 Å². The van der Waals surface area contributed by atoms with Crippen LogP contribution >= 0.6 is 0 Å². The molecule has 0 aliphatic heterocycles. The highest BCUT2D eigenvalue weighted by atomic mass is 16.7. The van der Waals surface area contributed by atoms with Crippen LogP contribution < -0.4 is 9.47 Å². The van der Waals surface area contributed by atoms with Gasteiger partial charge in [0.15, 0.2) is 11.5 Å². The lowest BCUT2D eigenvalue weighted by atomic mass is 9.85. The molecule has 0 saturated carbocycles. The number of hydrogen-bond acceptors (Lipinski definition) is 10. The van der Waals surface area contributed by atoms with Crippen molar-refractivity contribution in [2.45, 2.75) is 27.7 Å². The lowest BCUT2D eigenvalue weighted by molar-refractivity contribution is 0.0518. The van der Waals surface area contributed by atoms with Gasteiger partial charge in [0.25, 0.3) is 0 Å². The van der Waals surface area contributed by atoms with Crippen molar-refractivity contribution in [2.24, 2.45) is 0 Å². The van der Waals surface area contributed by atoms with Crippen molar-refractivity contribution in [3.8, 4) is 22.6 Å². The molecule has 0 radical (unpaired) electrons. The van der Waals surface area contributed by atoms with Crippen LogP contribution in [0.25, 0.3) is 54.2 Å². The van der Waals surface area contributed by atoms with Crippen molar-refractivity contribution in [1.82, 2.24) is 0 Å². The highest BCUT2D eigenvalue weighted by Crippen LogP contribution is 2.53. The molecule has 10 nitrogen and oxygen atoms in total. The molecule has 50 heavy (non-hydrogen) atoms. The number of carbonyl (C=O) groups is 4. The molecule has 0 saturated heterocycles. The Morgan fingerprint density at radius 3 is 1.12 bits per heavy atom. The maximum absolute atomic E-state index is 13.5. The lowest BCUT2D eigenvalue weighted by Gasteiger charge is -2.23. The van der Waals surface area contributed by atoms with Gasteiger partial charge in [0.05, 0.1) is 37.6 Å². The van der Waals surface area contributed by atoms with Gasteiger partial charge >= 0.3 is 24.2 Å². The molecule has 6 rings (SSSR count). The first-order chi connectivity index (χ1) is 24.3. The third-order valence-electron chi connectivity index (χ3n) is 8.15. The number of ether oxygens (including phenoxy) is 6. The molecule has 0 heterocycles. The fraction of sp³-hybridized carbons (Fsp3) is 0.200. The highest BCUT2D eigenvalue weighted by Gasteiger charge is 2.31. The number of esters is 2. The Bertz CT molecular complexity index is 2140. The average Bonchev–Trinajstić information content (AvgIpc) is 3.12. The Kier molecular flexibility index (Phi) is 9.80. The van der Waals surface area contributed by atoms with Crippen molar-refractivity contribution in [3.63, 3.8) is 0 Å². The fourth-order valence-electron chi connectivity index (χ4n) is 6.33. The topological polar surface area (TPSA) is 124 Å². The molecule has 0 fully saturated rings. The molecule has 0 aliphatic rings. The standard InChI is InChI=1S/C40H34O10/c1-5-45-37(41)29-21-13-19-25-23-15-9-11-17-27(23)33(35(31(25)29)49-39(43)47-7-3)34-28-18-12-10-16-24(28)26-20-14-22-30(38(42)46-6-2)32(26)36(34)50-40(44)48-8-4/h9-22H,5-8H2,1-4H3. The van der Waals surface area contributed by atoms with Gasteiger partial charge in [0, 0.05) is 21.9 Å². The van der Waals surface area contributed by atoms with Crippen LogP contribution in [0.1, 0.15) is 48.4 Å². The first kappa shape index (κ1) is 33.7. The van der Waals surface area contributed by atoms with Gasteiger partial charge in [-0.15, -0.1) is 0 Å². The van der Waals surface area contributed by atoms with E-state index in [1.165, 1.54) is 0 Å². The van der Waals surface area contributed by atoms with Crippen LogP contribution in [-0.4, -0.2) is 50.7 Å². The van der Waals surface area contributed by atoms with E-state index in [0.29, 0.717) is 43.4 Å². The van der Waals surface area contributed by atoms with Crippen LogP contribution in [0, 0.1) is 0 Å². The van der Waals surface area contributed by atoms with E-state index < -0.39 is 24.2 Å². The molecule has 0 unspecified atom stereocenters. The van der Waals surface area contributed by atoms with Crippen molar-refractivity contribution >= 4 is 67.3 Å². The predicted molar refractivity (Wildman–Crippen MR) is 189 cm³/mol. The second-order valence-electron chi connectivity index (χ2n) is 11.0. The Morgan fingerprint density at radius 1 is 0.420 bits per heavy atom. The Labute approximate surface area is 287 Å². The van der Waals surface area contributed by atoms with Crippen molar-refractivity contribution in [3.05, 3.63) is 96.1 Å². The van der Waals surface area contributed by atoms with Gasteiger partial charge in [-0.2, -0.15) is 0 Å². The summed E-state index contributed by atoms with van der Waals surface area (Å²) >= 11 is 0. The Balaban J connectivity index is 1.92. The number of fused-ring (bicyclic) bond motifs is 6. The molecule has 6 aromatic rings. The molecule has 0 spiro atoms. The number of rotatable bonds is 9. The van der Waals surface area contributed by atoms with Crippen LogP contribution in [0.3, 0.4) is 0 Å². The smallest absolute Gasteiger partial charge is 0.462 e. The minimum absolute atomic E-state index is 0.0173. The van der Waals surface area contributed by atoms with Gasteiger partial charge in [0.1, 0.15) is 0 Å². The fourth-order valence-corrected chi connectivity index (χ4v) is 6.33.